The summed E-state index contributed by atoms with van der Waals surface area (Å²) in [4.78, 5) is 28.9. The number of carbonyl (C=O) groups is 2. The highest BCUT2D eigenvalue weighted by Crippen LogP contribution is 2.30. The Labute approximate surface area is 175 Å². The van der Waals surface area contributed by atoms with Crippen LogP contribution < -0.4 is 0 Å². The van der Waals surface area contributed by atoms with Gasteiger partial charge in [-0.2, -0.15) is 5.10 Å². The maximum atomic E-state index is 13.1. The van der Waals surface area contributed by atoms with Gasteiger partial charge in [0.25, 0.3) is 12.3 Å². The van der Waals surface area contributed by atoms with Crippen LogP contribution in [-0.2, 0) is 29.0 Å². The molecule has 0 bridgehead atoms. The Bertz CT molecular complexity index is 805. The molecule has 0 saturated carbocycles. The third-order valence-electron chi connectivity index (χ3n) is 5.22. The lowest BCUT2D eigenvalue weighted by Gasteiger charge is -2.34. The first-order valence-electron chi connectivity index (χ1n) is 10.2. The van der Waals surface area contributed by atoms with Crippen molar-refractivity contribution in [3.8, 4) is 0 Å². The minimum absolute atomic E-state index is 0.117. The van der Waals surface area contributed by atoms with Gasteiger partial charge in [-0.1, -0.05) is 0 Å². The number of halogens is 2. The molecule has 10 heteroatoms. The molecule has 8 nitrogen and oxygen atoms in total. The predicted octanol–water partition coefficient (Wildman–Crippen LogP) is 2.55. The highest BCUT2D eigenvalue weighted by Gasteiger charge is 2.38. The van der Waals surface area contributed by atoms with Crippen molar-refractivity contribution in [2.75, 3.05) is 26.8 Å². The molecule has 0 saturated heterocycles. The number of amides is 2. The van der Waals surface area contributed by atoms with Crippen molar-refractivity contribution in [3.63, 3.8) is 0 Å². The standard InChI is InChI=1S/C20H30F2N4O4/c1-12-6-15-14(9-25(12)19(28)30-20(2,3)4)17-18(27)24(5)7-13(8-26(17)23-15)10-29-11-16(21)22/h12-13,16H,6-11H2,1-5H3/t12-,13+/m1/s1. The molecule has 2 amide bonds. The van der Waals surface area contributed by atoms with Crippen LogP contribution in [0, 0.1) is 5.92 Å². The summed E-state index contributed by atoms with van der Waals surface area (Å²) in [5.74, 6) is -0.349. The summed E-state index contributed by atoms with van der Waals surface area (Å²) in [6.45, 7) is 7.86. The highest BCUT2D eigenvalue weighted by molar-refractivity contribution is 5.94. The molecule has 0 fully saturated rings. The predicted molar refractivity (Wildman–Crippen MR) is 104 cm³/mol. The van der Waals surface area contributed by atoms with Gasteiger partial charge in [0, 0.05) is 44.1 Å². The monoisotopic (exact) mass is 428 g/mol. The lowest BCUT2D eigenvalue weighted by Crippen LogP contribution is -2.45. The number of aromatic nitrogens is 2. The van der Waals surface area contributed by atoms with Crippen molar-refractivity contribution in [2.24, 2.45) is 5.92 Å². The fourth-order valence-electron chi connectivity index (χ4n) is 3.91. The first kappa shape index (κ1) is 22.5. The molecule has 30 heavy (non-hydrogen) atoms. The zero-order chi connectivity index (χ0) is 22.2. The van der Waals surface area contributed by atoms with Crippen LogP contribution in [0.1, 0.15) is 49.4 Å². The Morgan fingerprint density at radius 3 is 2.63 bits per heavy atom. The van der Waals surface area contributed by atoms with E-state index in [0.29, 0.717) is 25.2 Å². The fraction of sp³-hybridized carbons (Fsp3) is 0.750. The molecule has 0 radical (unpaired) electrons. The molecule has 0 unspecified atom stereocenters. The van der Waals surface area contributed by atoms with Gasteiger partial charge in [0.15, 0.2) is 0 Å². The number of fused-ring (bicyclic) bond motifs is 3. The van der Waals surface area contributed by atoms with E-state index in [9.17, 15) is 18.4 Å². The van der Waals surface area contributed by atoms with E-state index in [2.05, 4.69) is 5.10 Å². The van der Waals surface area contributed by atoms with Crippen LogP contribution in [0.3, 0.4) is 0 Å². The summed E-state index contributed by atoms with van der Waals surface area (Å²) >= 11 is 0. The molecule has 3 rings (SSSR count). The zero-order valence-electron chi connectivity index (χ0n) is 18.2. The Morgan fingerprint density at radius 2 is 2.00 bits per heavy atom. The molecule has 1 aromatic rings. The van der Waals surface area contributed by atoms with Crippen molar-refractivity contribution >= 4 is 12.0 Å². The summed E-state index contributed by atoms with van der Waals surface area (Å²) in [5, 5.41) is 4.64. The molecule has 2 aliphatic heterocycles. The number of hydrogen-bond acceptors (Lipinski definition) is 5. The highest BCUT2D eigenvalue weighted by atomic mass is 19.3. The number of alkyl halides is 2. The lowest BCUT2D eigenvalue weighted by atomic mass is 9.99. The average Bonchev–Trinajstić information content (AvgIpc) is 2.89. The number of rotatable bonds is 4. The summed E-state index contributed by atoms with van der Waals surface area (Å²) in [7, 11) is 1.68. The molecule has 3 heterocycles. The normalized spacial score (nSPS) is 22.1. The van der Waals surface area contributed by atoms with Gasteiger partial charge in [0.2, 0.25) is 0 Å². The van der Waals surface area contributed by atoms with Crippen molar-refractivity contribution in [2.45, 2.75) is 65.3 Å². The van der Waals surface area contributed by atoms with Gasteiger partial charge in [-0.15, -0.1) is 0 Å². The second kappa shape index (κ2) is 8.49. The molecule has 168 valence electrons. The Balaban J connectivity index is 1.84. The summed E-state index contributed by atoms with van der Waals surface area (Å²) in [5.41, 5.74) is 1.34. The number of nitrogens with zero attached hydrogens (tertiary/aromatic N) is 4. The van der Waals surface area contributed by atoms with E-state index in [1.54, 1.807) is 21.5 Å². The lowest BCUT2D eigenvalue weighted by molar-refractivity contribution is -0.00113. The van der Waals surface area contributed by atoms with Gasteiger partial charge in [0.1, 0.15) is 17.9 Å². The van der Waals surface area contributed by atoms with Crippen LogP contribution in [-0.4, -0.2) is 76.5 Å². The van der Waals surface area contributed by atoms with Crippen molar-refractivity contribution in [1.29, 1.82) is 0 Å². The van der Waals surface area contributed by atoms with Crippen LogP contribution in [0.5, 0.6) is 0 Å². The largest absolute Gasteiger partial charge is 0.444 e. The first-order valence-corrected chi connectivity index (χ1v) is 10.2. The Morgan fingerprint density at radius 1 is 1.30 bits per heavy atom. The first-order chi connectivity index (χ1) is 14.0. The van der Waals surface area contributed by atoms with E-state index in [1.165, 1.54) is 0 Å². The second-order valence-corrected chi connectivity index (χ2v) is 9.10. The van der Waals surface area contributed by atoms with Crippen molar-refractivity contribution in [1.82, 2.24) is 19.6 Å². The Hall–Kier alpha value is -2.23. The number of hydrogen-bond donors (Lipinski definition) is 0. The minimum Gasteiger partial charge on any atom is -0.444 e. The van der Waals surface area contributed by atoms with E-state index in [1.807, 2.05) is 27.7 Å². The number of carbonyl (C=O) groups excluding carboxylic acids is 2. The molecule has 0 aromatic carbocycles. The molecule has 1 aromatic heterocycles. The minimum atomic E-state index is -2.52. The summed E-state index contributed by atoms with van der Waals surface area (Å²) in [6.07, 6.45) is -2.44. The van der Waals surface area contributed by atoms with E-state index >= 15 is 0 Å². The van der Waals surface area contributed by atoms with Crippen LogP contribution >= 0.6 is 0 Å². The molecule has 2 aliphatic rings. The molecular weight excluding hydrogens is 398 g/mol. The van der Waals surface area contributed by atoms with Gasteiger partial charge in [0.05, 0.1) is 18.8 Å². The van der Waals surface area contributed by atoms with Gasteiger partial charge < -0.3 is 19.3 Å². The van der Waals surface area contributed by atoms with Crippen LogP contribution in [0.25, 0.3) is 0 Å². The zero-order valence-corrected chi connectivity index (χ0v) is 18.2. The molecule has 0 N–H and O–H groups in total. The van der Waals surface area contributed by atoms with E-state index < -0.39 is 24.7 Å². The van der Waals surface area contributed by atoms with Crippen LogP contribution in [0.15, 0.2) is 0 Å². The van der Waals surface area contributed by atoms with Crippen LogP contribution in [0.4, 0.5) is 13.6 Å². The van der Waals surface area contributed by atoms with Crippen molar-refractivity contribution in [3.05, 3.63) is 17.0 Å². The maximum Gasteiger partial charge on any atom is 0.410 e. The van der Waals surface area contributed by atoms with E-state index in [0.717, 1.165) is 11.3 Å². The van der Waals surface area contributed by atoms with Gasteiger partial charge in [-0.05, 0) is 27.7 Å². The fourth-order valence-corrected chi connectivity index (χ4v) is 3.91. The van der Waals surface area contributed by atoms with Gasteiger partial charge >= 0.3 is 6.09 Å². The topological polar surface area (TPSA) is 76.9 Å². The summed E-state index contributed by atoms with van der Waals surface area (Å²) < 4.78 is 37.1. The third kappa shape index (κ3) is 4.91. The van der Waals surface area contributed by atoms with E-state index in [-0.39, 0.29) is 31.0 Å². The SMILES string of the molecule is C[C@@H]1Cc2nn3c(c2CN1C(=O)OC(C)(C)C)C(=O)N(C)C[C@H](COCC(F)F)C3. The maximum absolute atomic E-state index is 13.1. The molecular formula is C20H30F2N4O4. The third-order valence-corrected chi connectivity index (χ3v) is 5.22. The average molecular weight is 428 g/mol. The van der Waals surface area contributed by atoms with Crippen LogP contribution in [0.2, 0.25) is 0 Å². The number of ether oxygens (including phenoxy) is 2. The van der Waals surface area contributed by atoms with Gasteiger partial charge in [-0.3, -0.25) is 9.48 Å². The quantitative estimate of drug-likeness (QED) is 0.737. The van der Waals surface area contributed by atoms with E-state index in [4.69, 9.17) is 9.47 Å². The smallest absolute Gasteiger partial charge is 0.410 e. The molecule has 2 atom stereocenters. The second-order valence-electron chi connectivity index (χ2n) is 9.10. The summed E-state index contributed by atoms with van der Waals surface area (Å²) in [6, 6.07) is -0.121. The molecule has 0 aliphatic carbocycles. The van der Waals surface area contributed by atoms with Gasteiger partial charge in [-0.25, -0.2) is 13.6 Å². The van der Waals surface area contributed by atoms with Crippen molar-refractivity contribution < 1.29 is 27.8 Å². The Kier molecular flexibility index (Phi) is 6.35. The molecule has 0 spiro atoms.